The Morgan fingerprint density at radius 1 is 1.41 bits per heavy atom. The predicted octanol–water partition coefficient (Wildman–Crippen LogP) is 3.27. The second kappa shape index (κ2) is 7.99. The third kappa shape index (κ3) is 5.00. The first-order chi connectivity index (χ1) is 10.2. The number of benzene rings is 1. The Kier molecular flexibility index (Phi) is 6.90. The fourth-order valence-corrected chi connectivity index (χ4v) is 2.45. The Morgan fingerprint density at radius 3 is 2.55 bits per heavy atom. The average molecular weight is 390 g/mol. The van der Waals surface area contributed by atoms with Crippen LogP contribution in [0.15, 0.2) is 27.1 Å². The lowest BCUT2D eigenvalue weighted by atomic mass is 10.1. The number of hydrogen-bond acceptors (Lipinski definition) is 5. The summed E-state index contributed by atoms with van der Waals surface area (Å²) in [6, 6.07) is 5.18. The molecule has 5 nitrogen and oxygen atoms in total. The lowest BCUT2D eigenvalue weighted by molar-refractivity contribution is -0.134. The third-order valence-electron chi connectivity index (χ3n) is 2.58. The molecule has 0 N–H and O–H groups in total. The van der Waals surface area contributed by atoms with Crippen LogP contribution in [-0.4, -0.2) is 34.7 Å². The van der Waals surface area contributed by atoms with Crippen LogP contribution in [-0.2, 0) is 20.9 Å². The molecule has 0 saturated carbocycles. The zero-order chi connectivity index (χ0) is 16.9. The van der Waals surface area contributed by atoms with E-state index in [9.17, 15) is 9.35 Å². The summed E-state index contributed by atoms with van der Waals surface area (Å²) >= 11 is 1.76. The first kappa shape index (κ1) is 19.0. The third-order valence-corrected chi connectivity index (χ3v) is 4.47. The van der Waals surface area contributed by atoms with Gasteiger partial charge in [0, 0.05) is 4.47 Å². The van der Waals surface area contributed by atoms with E-state index in [1.165, 1.54) is 7.11 Å². The van der Waals surface area contributed by atoms with Gasteiger partial charge in [-0.05, 0) is 45.9 Å². The smallest absolute Gasteiger partial charge is 0.362 e. The van der Waals surface area contributed by atoms with Crippen LogP contribution < -0.4 is 4.74 Å². The number of methoxy groups -OCH3 is 1. The van der Waals surface area contributed by atoms with E-state index in [1.54, 1.807) is 45.9 Å². The van der Waals surface area contributed by atoms with Gasteiger partial charge in [0.1, 0.15) is 21.9 Å². The first-order valence-electron chi connectivity index (χ1n) is 6.72. The molecule has 0 bridgehead atoms. The highest BCUT2D eigenvalue weighted by atomic mass is 79.9. The molecule has 0 aliphatic heterocycles. The highest BCUT2D eigenvalue weighted by Gasteiger charge is 2.31. The Hall–Kier alpha value is -1.05. The van der Waals surface area contributed by atoms with Crippen LogP contribution in [0, 0.1) is 0 Å². The molecule has 0 amide bonds. The minimum absolute atomic E-state index is 0.00624. The van der Waals surface area contributed by atoms with Crippen molar-refractivity contribution in [2.75, 3.05) is 13.7 Å². The fraction of sp³-hybridized carbons (Fsp3) is 0.467. The molecule has 0 heterocycles. The summed E-state index contributed by atoms with van der Waals surface area (Å²) in [6.45, 7) is 7.26. The molecule has 0 radical (unpaired) electrons. The molecule has 1 aromatic rings. The molecule has 122 valence electrons. The zero-order valence-corrected chi connectivity index (χ0v) is 15.7. The van der Waals surface area contributed by atoms with Gasteiger partial charge in [-0.3, -0.25) is 0 Å². The van der Waals surface area contributed by atoms with E-state index >= 15 is 0 Å². The molecule has 1 rings (SSSR count). The van der Waals surface area contributed by atoms with Gasteiger partial charge < -0.3 is 14.0 Å². The molecule has 1 unspecified atom stereocenters. The van der Waals surface area contributed by atoms with Crippen molar-refractivity contribution in [1.82, 2.24) is 0 Å². The van der Waals surface area contributed by atoms with Crippen molar-refractivity contribution in [2.45, 2.75) is 32.4 Å². The predicted molar refractivity (Wildman–Crippen MR) is 91.8 cm³/mol. The minimum atomic E-state index is -1.59. The van der Waals surface area contributed by atoms with Gasteiger partial charge in [-0.2, -0.15) is 0 Å². The number of carbonyl (C=O) groups excluding carboxylic acids is 1. The Morgan fingerprint density at radius 2 is 2.05 bits per heavy atom. The Bertz CT molecular complexity index is 569. The Balaban J connectivity index is 3.42. The van der Waals surface area contributed by atoms with E-state index in [0.29, 0.717) is 11.3 Å². The van der Waals surface area contributed by atoms with Crippen molar-refractivity contribution in [3.8, 4) is 5.75 Å². The van der Waals surface area contributed by atoms with E-state index in [0.717, 1.165) is 4.47 Å². The number of nitrogens with zero attached hydrogens (tertiary/aromatic N) is 1. The van der Waals surface area contributed by atoms with Gasteiger partial charge >= 0.3 is 5.97 Å². The van der Waals surface area contributed by atoms with E-state index in [-0.39, 0.29) is 12.3 Å². The monoisotopic (exact) mass is 389 g/mol. The van der Waals surface area contributed by atoms with Gasteiger partial charge in [0.25, 0.3) is 0 Å². The summed E-state index contributed by atoms with van der Waals surface area (Å²) in [6.07, 6.45) is 0. The van der Waals surface area contributed by atoms with Crippen LogP contribution >= 0.6 is 15.9 Å². The average Bonchev–Trinajstić information content (AvgIpc) is 2.43. The van der Waals surface area contributed by atoms with Crippen LogP contribution in [0.1, 0.15) is 33.3 Å². The second-order valence-corrected chi connectivity index (χ2v) is 8.19. The number of halogens is 1. The summed E-state index contributed by atoms with van der Waals surface area (Å²) in [5.41, 5.74) is 0.432. The zero-order valence-electron chi connectivity index (χ0n) is 13.3. The van der Waals surface area contributed by atoms with Gasteiger partial charge in [-0.1, -0.05) is 20.3 Å². The lowest BCUT2D eigenvalue weighted by Crippen LogP contribution is -2.29. The quantitative estimate of drug-likeness (QED) is 0.440. The molecular weight excluding hydrogens is 370 g/mol. The van der Waals surface area contributed by atoms with E-state index in [1.807, 2.05) is 0 Å². The van der Waals surface area contributed by atoms with Gasteiger partial charge in [0.2, 0.25) is 5.71 Å². The Labute approximate surface area is 142 Å². The number of rotatable bonds is 5. The molecule has 0 fully saturated rings. The molecule has 1 aromatic carbocycles. The second-order valence-electron chi connectivity index (χ2n) is 5.37. The van der Waals surface area contributed by atoms with Crippen molar-refractivity contribution >= 4 is 39.0 Å². The molecular formula is C15H20BrNO4S. The van der Waals surface area contributed by atoms with Crippen LogP contribution in [0.3, 0.4) is 0 Å². The van der Waals surface area contributed by atoms with Crippen molar-refractivity contribution < 1.29 is 18.8 Å². The van der Waals surface area contributed by atoms with Gasteiger partial charge in [-0.25, -0.2) is 4.79 Å². The van der Waals surface area contributed by atoms with Gasteiger partial charge in [0.15, 0.2) is 0 Å². The summed E-state index contributed by atoms with van der Waals surface area (Å²) in [4.78, 5) is 12.2. The standard InChI is InChI=1S/C15H20BrNO4S/c1-6-21-14(18)13(17-22(19)15(2,3)4)11-9-10(16)7-8-12(11)20-5/h7-9H,6H2,1-5H3. The maximum absolute atomic E-state index is 12.3. The molecule has 22 heavy (non-hydrogen) atoms. The van der Waals surface area contributed by atoms with Crippen LogP contribution in [0.5, 0.6) is 5.75 Å². The number of carbonyl (C=O) groups is 1. The molecule has 0 saturated heterocycles. The molecule has 7 heteroatoms. The molecule has 0 spiro atoms. The van der Waals surface area contributed by atoms with Gasteiger partial charge in [0.05, 0.1) is 19.3 Å². The normalized spacial score (nSPS) is 13.7. The van der Waals surface area contributed by atoms with Gasteiger partial charge in [-0.15, -0.1) is 0 Å². The van der Waals surface area contributed by atoms with Crippen molar-refractivity contribution in [3.63, 3.8) is 0 Å². The largest absolute Gasteiger partial charge is 0.591 e. The SMILES string of the molecule is CCOC(=O)C(=N[S+]([O-])C(C)(C)C)c1cc(Br)ccc1OC. The van der Waals surface area contributed by atoms with Crippen molar-refractivity contribution in [2.24, 2.45) is 4.40 Å². The van der Waals surface area contributed by atoms with Crippen molar-refractivity contribution in [3.05, 3.63) is 28.2 Å². The topological polar surface area (TPSA) is 71.0 Å². The number of hydrogen-bond donors (Lipinski definition) is 0. The fourth-order valence-electron chi connectivity index (χ4n) is 1.48. The van der Waals surface area contributed by atoms with Crippen molar-refractivity contribution in [1.29, 1.82) is 0 Å². The van der Waals surface area contributed by atoms with Crippen LogP contribution in [0.2, 0.25) is 0 Å². The molecule has 1 atom stereocenters. The van der Waals surface area contributed by atoms with Crippen LogP contribution in [0.4, 0.5) is 0 Å². The molecule has 0 aliphatic carbocycles. The van der Waals surface area contributed by atoms with Crippen LogP contribution in [0.25, 0.3) is 0 Å². The summed E-state index contributed by atoms with van der Waals surface area (Å²) in [5.74, 6) is -0.169. The van der Waals surface area contributed by atoms with E-state index in [4.69, 9.17) is 9.47 Å². The van der Waals surface area contributed by atoms with E-state index in [2.05, 4.69) is 20.3 Å². The summed E-state index contributed by atoms with van der Waals surface area (Å²) in [5, 5.41) is 0. The highest BCUT2D eigenvalue weighted by molar-refractivity contribution is 9.10. The minimum Gasteiger partial charge on any atom is -0.591 e. The number of esters is 1. The number of ether oxygens (including phenoxy) is 2. The van der Waals surface area contributed by atoms with E-state index < -0.39 is 22.1 Å². The molecule has 0 aliphatic rings. The first-order valence-corrected chi connectivity index (χ1v) is 8.62. The summed E-state index contributed by atoms with van der Waals surface area (Å²) in [7, 11) is 1.50. The maximum Gasteiger partial charge on any atom is 0.362 e. The lowest BCUT2D eigenvalue weighted by Gasteiger charge is -2.19. The highest BCUT2D eigenvalue weighted by Crippen LogP contribution is 2.26. The maximum atomic E-state index is 12.3. The molecule has 0 aromatic heterocycles. The summed E-state index contributed by atoms with van der Waals surface area (Å²) < 4.78 is 26.9.